The molecule has 2 amide bonds. The third-order valence-electron chi connectivity index (χ3n) is 2.19. The van der Waals surface area contributed by atoms with Gasteiger partial charge in [0.05, 0.1) is 13.0 Å². The Morgan fingerprint density at radius 1 is 1.29 bits per heavy atom. The highest BCUT2D eigenvalue weighted by molar-refractivity contribution is 5.76. The molecule has 3 N–H and O–H groups in total. The van der Waals surface area contributed by atoms with E-state index in [4.69, 9.17) is 10.2 Å². The molecule has 0 aromatic rings. The molecule has 0 bridgehead atoms. The van der Waals surface area contributed by atoms with Crippen LogP contribution in [0.4, 0.5) is 4.79 Å². The summed E-state index contributed by atoms with van der Waals surface area (Å²) in [5, 5.41) is 20.2. The van der Waals surface area contributed by atoms with Crippen LogP contribution in [0.2, 0.25) is 0 Å². The molecule has 0 aromatic carbocycles. The number of amides is 2. The standard InChI is InChI=1S/C11H22N2O4/c1-4-5-13(6-7-14)10(17)12-11(2,3)8-9(15)16/h14H,4-8H2,1-3H3,(H,12,17)(H,15,16). The van der Waals surface area contributed by atoms with Gasteiger partial charge in [-0.15, -0.1) is 0 Å². The molecule has 0 spiro atoms. The first-order chi connectivity index (χ1) is 7.82. The van der Waals surface area contributed by atoms with Crippen LogP contribution < -0.4 is 5.32 Å². The number of nitrogens with zero attached hydrogens (tertiary/aromatic N) is 1. The van der Waals surface area contributed by atoms with E-state index in [1.165, 1.54) is 4.90 Å². The largest absolute Gasteiger partial charge is 0.481 e. The first kappa shape index (κ1) is 15.7. The van der Waals surface area contributed by atoms with E-state index in [9.17, 15) is 9.59 Å². The lowest BCUT2D eigenvalue weighted by molar-refractivity contribution is -0.138. The summed E-state index contributed by atoms with van der Waals surface area (Å²) in [5.74, 6) is -0.959. The van der Waals surface area contributed by atoms with Gasteiger partial charge in [-0.3, -0.25) is 4.79 Å². The summed E-state index contributed by atoms with van der Waals surface area (Å²) in [6.07, 6.45) is 0.643. The number of aliphatic hydroxyl groups is 1. The van der Waals surface area contributed by atoms with Gasteiger partial charge < -0.3 is 20.4 Å². The molecule has 0 aliphatic heterocycles. The highest BCUT2D eigenvalue weighted by Gasteiger charge is 2.25. The molecular weight excluding hydrogens is 224 g/mol. The van der Waals surface area contributed by atoms with Crippen LogP contribution in [0.3, 0.4) is 0 Å². The minimum absolute atomic E-state index is 0.104. The van der Waals surface area contributed by atoms with Crippen molar-refractivity contribution in [3.63, 3.8) is 0 Å². The van der Waals surface area contributed by atoms with Crippen LogP contribution in [-0.2, 0) is 4.79 Å². The molecule has 0 aromatic heterocycles. The van der Waals surface area contributed by atoms with Crippen molar-refractivity contribution < 1.29 is 19.8 Å². The summed E-state index contributed by atoms with van der Waals surface area (Å²) < 4.78 is 0. The molecule has 17 heavy (non-hydrogen) atoms. The van der Waals surface area contributed by atoms with Gasteiger partial charge in [0.1, 0.15) is 0 Å². The minimum Gasteiger partial charge on any atom is -0.481 e. The maximum atomic E-state index is 11.8. The van der Waals surface area contributed by atoms with Crippen LogP contribution in [0.25, 0.3) is 0 Å². The molecule has 0 saturated heterocycles. The summed E-state index contributed by atoms with van der Waals surface area (Å²) in [6.45, 7) is 5.93. The highest BCUT2D eigenvalue weighted by Crippen LogP contribution is 2.09. The van der Waals surface area contributed by atoms with Gasteiger partial charge in [0.2, 0.25) is 0 Å². The van der Waals surface area contributed by atoms with Crippen LogP contribution in [0, 0.1) is 0 Å². The van der Waals surface area contributed by atoms with E-state index in [1.807, 2.05) is 6.92 Å². The molecule has 0 radical (unpaired) electrons. The van der Waals surface area contributed by atoms with Gasteiger partial charge in [0.15, 0.2) is 0 Å². The number of rotatable bonds is 7. The van der Waals surface area contributed by atoms with E-state index in [0.29, 0.717) is 6.54 Å². The van der Waals surface area contributed by atoms with E-state index in [0.717, 1.165) is 6.42 Å². The Kier molecular flexibility index (Phi) is 6.57. The second-order valence-corrected chi connectivity index (χ2v) is 4.60. The van der Waals surface area contributed by atoms with E-state index < -0.39 is 11.5 Å². The van der Waals surface area contributed by atoms with Gasteiger partial charge >= 0.3 is 12.0 Å². The summed E-state index contributed by atoms with van der Waals surface area (Å²) in [7, 11) is 0. The molecule has 0 heterocycles. The number of carboxylic acid groups (broad SMARTS) is 1. The molecule has 0 fully saturated rings. The summed E-state index contributed by atoms with van der Waals surface area (Å²) in [4.78, 5) is 23.9. The van der Waals surface area contributed by atoms with Crippen LogP contribution in [0.15, 0.2) is 0 Å². The van der Waals surface area contributed by atoms with Crippen molar-refractivity contribution in [1.29, 1.82) is 0 Å². The molecule has 0 unspecified atom stereocenters. The van der Waals surface area contributed by atoms with Crippen molar-refractivity contribution in [2.24, 2.45) is 0 Å². The minimum atomic E-state index is -0.959. The maximum Gasteiger partial charge on any atom is 0.317 e. The smallest absolute Gasteiger partial charge is 0.317 e. The van der Waals surface area contributed by atoms with E-state index in [2.05, 4.69) is 5.32 Å². The average Bonchev–Trinajstić information content (AvgIpc) is 2.14. The number of nitrogens with one attached hydrogen (secondary N) is 1. The van der Waals surface area contributed by atoms with Gasteiger partial charge in [-0.2, -0.15) is 0 Å². The lowest BCUT2D eigenvalue weighted by atomic mass is 10.0. The normalized spacial score (nSPS) is 11.1. The van der Waals surface area contributed by atoms with Gasteiger partial charge in [0, 0.05) is 18.6 Å². The Balaban J connectivity index is 4.41. The molecule has 6 nitrogen and oxygen atoms in total. The molecule has 0 aliphatic rings. The number of hydrogen-bond acceptors (Lipinski definition) is 3. The van der Waals surface area contributed by atoms with Gasteiger partial charge in [-0.25, -0.2) is 4.79 Å². The van der Waals surface area contributed by atoms with Crippen LogP contribution in [-0.4, -0.2) is 52.3 Å². The zero-order valence-corrected chi connectivity index (χ0v) is 10.7. The van der Waals surface area contributed by atoms with Crippen LogP contribution in [0.1, 0.15) is 33.6 Å². The van der Waals surface area contributed by atoms with Crippen molar-refractivity contribution >= 4 is 12.0 Å². The Hall–Kier alpha value is -1.30. The Bertz CT molecular complexity index is 260. The van der Waals surface area contributed by atoms with Gasteiger partial charge in [-0.05, 0) is 20.3 Å². The second kappa shape index (κ2) is 7.11. The highest BCUT2D eigenvalue weighted by atomic mass is 16.4. The lowest BCUT2D eigenvalue weighted by Crippen LogP contribution is -2.51. The fourth-order valence-corrected chi connectivity index (χ4v) is 1.50. The summed E-state index contributed by atoms with van der Waals surface area (Å²) >= 11 is 0. The van der Waals surface area contributed by atoms with Gasteiger partial charge in [-0.1, -0.05) is 6.92 Å². The molecule has 0 atom stereocenters. The zero-order valence-electron chi connectivity index (χ0n) is 10.7. The fraction of sp³-hybridized carbons (Fsp3) is 0.818. The number of aliphatic carboxylic acids is 1. The quantitative estimate of drug-likeness (QED) is 0.615. The number of hydrogen-bond donors (Lipinski definition) is 3. The molecule has 6 heteroatoms. The van der Waals surface area contributed by atoms with E-state index >= 15 is 0 Å². The van der Waals surface area contributed by atoms with Crippen molar-refractivity contribution in [3.8, 4) is 0 Å². The predicted molar refractivity (Wildman–Crippen MR) is 63.8 cm³/mol. The third kappa shape index (κ3) is 6.78. The lowest BCUT2D eigenvalue weighted by Gasteiger charge is -2.29. The Morgan fingerprint density at radius 2 is 1.88 bits per heavy atom. The molecule has 0 saturated carbocycles. The topological polar surface area (TPSA) is 89.9 Å². The van der Waals surface area contributed by atoms with Crippen LogP contribution in [0.5, 0.6) is 0 Å². The molecule has 100 valence electrons. The summed E-state index contributed by atoms with van der Waals surface area (Å²) in [6, 6.07) is -0.341. The Morgan fingerprint density at radius 3 is 2.29 bits per heavy atom. The summed E-state index contributed by atoms with van der Waals surface area (Å²) in [5.41, 5.74) is -0.801. The van der Waals surface area contributed by atoms with E-state index in [1.54, 1.807) is 13.8 Å². The monoisotopic (exact) mass is 246 g/mol. The first-order valence-electron chi connectivity index (χ1n) is 5.72. The number of carboxylic acids is 1. The SMILES string of the molecule is CCCN(CCO)C(=O)NC(C)(C)CC(=O)O. The molecule has 0 rings (SSSR count). The first-order valence-corrected chi connectivity index (χ1v) is 5.72. The Labute approximate surface area is 102 Å². The van der Waals surface area contributed by atoms with Crippen molar-refractivity contribution in [2.45, 2.75) is 39.2 Å². The second-order valence-electron chi connectivity index (χ2n) is 4.60. The van der Waals surface area contributed by atoms with E-state index in [-0.39, 0.29) is 25.6 Å². The van der Waals surface area contributed by atoms with Gasteiger partial charge in [0.25, 0.3) is 0 Å². The third-order valence-corrected chi connectivity index (χ3v) is 2.19. The molecule has 0 aliphatic carbocycles. The predicted octanol–water partition coefficient (Wildman–Crippen LogP) is 0.654. The van der Waals surface area contributed by atoms with Crippen molar-refractivity contribution in [2.75, 3.05) is 19.7 Å². The zero-order chi connectivity index (χ0) is 13.5. The average molecular weight is 246 g/mol. The maximum absolute atomic E-state index is 11.8. The van der Waals surface area contributed by atoms with Crippen LogP contribution >= 0.6 is 0 Å². The number of carbonyl (C=O) groups is 2. The fourth-order valence-electron chi connectivity index (χ4n) is 1.50. The molecular formula is C11H22N2O4. The van der Waals surface area contributed by atoms with Crippen molar-refractivity contribution in [1.82, 2.24) is 10.2 Å². The van der Waals surface area contributed by atoms with Crippen molar-refractivity contribution in [3.05, 3.63) is 0 Å². The number of aliphatic hydroxyl groups excluding tert-OH is 1. The number of urea groups is 1. The number of carbonyl (C=O) groups excluding carboxylic acids is 1.